The minimum absolute atomic E-state index is 0.0716. The highest BCUT2D eigenvalue weighted by Crippen LogP contribution is 2.37. The third-order valence-electron chi connectivity index (χ3n) is 3.83. The van der Waals surface area contributed by atoms with E-state index in [9.17, 15) is 19.5 Å². The standard InChI is InChI=1S/C15H17NO5/c1-8-5-11(12(6-8)15(20)21)13(17)16-10-4-2-3-9(7-10)14(18)19/h2-4,7-8,11-12H,5-6H2,1H3,(H,16,17)(H,18,19)(H,20,21)/t8?,11-,12+/m0/s1. The van der Waals surface area contributed by atoms with E-state index in [1.807, 2.05) is 6.92 Å². The number of nitrogens with one attached hydrogen (secondary N) is 1. The number of benzene rings is 1. The maximum Gasteiger partial charge on any atom is 0.335 e. The van der Waals surface area contributed by atoms with E-state index in [-0.39, 0.29) is 17.4 Å². The Balaban J connectivity index is 2.12. The molecule has 0 aromatic heterocycles. The molecule has 2 rings (SSSR count). The maximum atomic E-state index is 12.2. The molecule has 0 radical (unpaired) electrons. The first-order valence-corrected chi connectivity index (χ1v) is 6.75. The van der Waals surface area contributed by atoms with Gasteiger partial charge in [-0.1, -0.05) is 13.0 Å². The number of carboxylic acid groups (broad SMARTS) is 2. The van der Waals surface area contributed by atoms with Gasteiger partial charge in [0.15, 0.2) is 0 Å². The van der Waals surface area contributed by atoms with Gasteiger partial charge in [0, 0.05) is 5.69 Å². The maximum absolute atomic E-state index is 12.2. The van der Waals surface area contributed by atoms with Gasteiger partial charge in [0.25, 0.3) is 0 Å². The molecule has 0 spiro atoms. The van der Waals surface area contributed by atoms with Gasteiger partial charge in [0.1, 0.15) is 0 Å². The molecule has 1 unspecified atom stereocenters. The van der Waals surface area contributed by atoms with Crippen LogP contribution in [0.5, 0.6) is 0 Å². The van der Waals surface area contributed by atoms with Crippen LogP contribution in [0, 0.1) is 17.8 Å². The van der Waals surface area contributed by atoms with Crippen molar-refractivity contribution < 1.29 is 24.6 Å². The molecule has 0 saturated heterocycles. The van der Waals surface area contributed by atoms with Gasteiger partial charge in [-0.2, -0.15) is 0 Å². The van der Waals surface area contributed by atoms with Gasteiger partial charge in [0.05, 0.1) is 17.4 Å². The Morgan fingerprint density at radius 3 is 2.43 bits per heavy atom. The molecule has 1 amide bonds. The quantitative estimate of drug-likeness (QED) is 0.787. The van der Waals surface area contributed by atoms with Crippen LogP contribution in [-0.4, -0.2) is 28.1 Å². The van der Waals surface area contributed by atoms with Crippen LogP contribution in [0.2, 0.25) is 0 Å². The molecular formula is C15H17NO5. The second-order valence-electron chi connectivity index (χ2n) is 5.50. The normalized spacial score (nSPS) is 24.5. The molecule has 1 aromatic carbocycles. The van der Waals surface area contributed by atoms with Gasteiger partial charge in [0.2, 0.25) is 5.91 Å². The molecule has 21 heavy (non-hydrogen) atoms. The van der Waals surface area contributed by atoms with Crippen molar-refractivity contribution in [1.82, 2.24) is 0 Å². The summed E-state index contributed by atoms with van der Waals surface area (Å²) in [6, 6.07) is 5.90. The predicted octanol–water partition coefficient (Wildman–Crippen LogP) is 2.07. The summed E-state index contributed by atoms with van der Waals surface area (Å²) in [6.45, 7) is 1.92. The molecule has 1 aliphatic carbocycles. The Kier molecular flexibility index (Phi) is 4.26. The average Bonchev–Trinajstić information content (AvgIpc) is 2.81. The molecular weight excluding hydrogens is 274 g/mol. The van der Waals surface area contributed by atoms with Crippen LogP contribution < -0.4 is 5.32 Å². The number of aromatic carboxylic acids is 1. The van der Waals surface area contributed by atoms with E-state index in [0.717, 1.165) is 0 Å². The number of aliphatic carboxylic acids is 1. The predicted molar refractivity (Wildman–Crippen MR) is 75.0 cm³/mol. The van der Waals surface area contributed by atoms with Crippen molar-refractivity contribution in [3.05, 3.63) is 29.8 Å². The highest BCUT2D eigenvalue weighted by Gasteiger charge is 2.41. The van der Waals surface area contributed by atoms with Gasteiger partial charge in [-0.15, -0.1) is 0 Å². The average molecular weight is 291 g/mol. The molecule has 1 fully saturated rings. The summed E-state index contributed by atoms with van der Waals surface area (Å²) in [4.78, 5) is 34.3. The fraction of sp³-hybridized carbons (Fsp3) is 0.400. The smallest absolute Gasteiger partial charge is 0.335 e. The molecule has 6 heteroatoms. The summed E-state index contributed by atoms with van der Waals surface area (Å²) in [6.07, 6.45) is 1.02. The molecule has 0 aliphatic heterocycles. The van der Waals surface area contributed by atoms with E-state index in [0.29, 0.717) is 18.5 Å². The Bertz CT molecular complexity index is 583. The summed E-state index contributed by atoms with van der Waals surface area (Å²) >= 11 is 0. The third-order valence-corrected chi connectivity index (χ3v) is 3.83. The molecule has 1 saturated carbocycles. The largest absolute Gasteiger partial charge is 0.481 e. The van der Waals surface area contributed by atoms with Crippen LogP contribution in [0.4, 0.5) is 5.69 Å². The van der Waals surface area contributed by atoms with Gasteiger partial charge < -0.3 is 15.5 Å². The third kappa shape index (κ3) is 3.39. The van der Waals surface area contributed by atoms with Crippen LogP contribution in [0.3, 0.4) is 0 Å². The van der Waals surface area contributed by atoms with E-state index in [1.165, 1.54) is 18.2 Å². The summed E-state index contributed by atoms with van der Waals surface area (Å²) in [5, 5.41) is 20.7. The molecule has 1 aliphatic rings. The van der Waals surface area contributed by atoms with Crippen LogP contribution in [0.25, 0.3) is 0 Å². The Hall–Kier alpha value is -2.37. The van der Waals surface area contributed by atoms with Crippen molar-refractivity contribution in [2.45, 2.75) is 19.8 Å². The summed E-state index contributed by atoms with van der Waals surface area (Å²) in [5.74, 6) is -3.47. The number of anilines is 1. The Labute approximate surface area is 121 Å². The van der Waals surface area contributed by atoms with Crippen molar-refractivity contribution in [3.63, 3.8) is 0 Å². The first-order valence-electron chi connectivity index (χ1n) is 6.75. The number of rotatable bonds is 4. The van der Waals surface area contributed by atoms with E-state index in [4.69, 9.17) is 5.11 Å². The van der Waals surface area contributed by atoms with E-state index < -0.39 is 23.8 Å². The lowest BCUT2D eigenvalue weighted by Gasteiger charge is -2.15. The Morgan fingerprint density at radius 1 is 1.14 bits per heavy atom. The van der Waals surface area contributed by atoms with Gasteiger partial charge in [-0.05, 0) is 37.0 Å². The molecule has 3 atom stereocenters. The highest BCUT2D eigenvalue weighted by molar-refractivity contribution is 5.97. The van der Waals surface area contributed by atoms with Crippen molar-refractivity contribution in [2.24, 2.45) is 17.8 Å². The first kappa shape index (κ1) is 15.0. The number of hydrogen-bond acceptors (Lipinski definition) is 3. The summed E-state index contributed by atoms with van der Waals surface area (Å²) in [5.41, 5.74) is 0.436. The van der Waals surface area contributed by atoms with Crippen molar-refractivity contribution in [2.75, 3.05) is 5.32 Å². The molecule has 0 bridgehead atoms. The molecule has 0 heterocycles. The van der Waals surface area contributed by atoms with Crippen LogP contribution in [-0.2, 0) is 9.59 Å². The second-order valence-corrected chi connectivity index (χ2v) is 5.50. The number of carboxylic acids is 2. The topological polar surface area (TPSA) is 104 Å². The van der Waals surface area contributed by atoms with Gasteiger partial charge >= 0.3 is 11.9 Å². The fourth-order valence-corrected chi connectivity index (χ4v) is 2.82. The van der Waals surface area contributed by atoms with Crippen LogP contribution in [0.1, 0.15) is 30.1 Å². The van der Waals surface area contributed by atoms with Crippen molar-refractivity contribution in [1.29, 1.82) is 0 Å². The number of carbonyl (C=O) groups is 3. The zero-order valence-corrected chi connectivity index (χ0v) is 11.6. The lowest BCUT2D eigenvalue weighted by molar-refractivity contribution is -0.145. The molecule has 6 nitrogen and oxygen atoms in total. The van der Waals surface area contributed by atoms with Crippen LogP contribution in [0.15, 0.2) is 24.3 Å². The minimum Gasteiger partial charge on any atom is -0.481 e. The second kappa shape index (κ2) is 5.95. The lowest BCUT2D eigenvalue weighted by atomic mass is 9.95. The number of carbonyl (C=O) groups excluding carboxylic acids is 1. The molecule has 3 N–H and O–H groups in total. The Morgan fingerprint density at radius 2 is 1.81 bits per heavy atom. The van der Waals surface area contributed by atoms with Gasteiger partial charge in [-0.3, -0.25) is 9.59 Å². The number of amides is 1. The summed E-state index contributed by atoms with van der Waals surface area (Å²) in [7, 11) is 0. The number of hydrogen-bond donors (Lipinski definition) is 3. The van der Waals surface area contributed by atoms with E-state index in [1.54, 1.807) is 6.07 Å². The lowest BCUT2D eigenvalue weighted by Crippen LogP contribution is -2.30. The van der Waals surface area contributed by atoms with E-state index in [2.05, 4.69) is 5.32 Å². The molecule has 1 aromatic rings. The zero-order valence-electron chi connectivity index (χ0n) is 11.6. The van der Waals surface area contributed by atoms with Crippen molar-refractivity contribution >= 4 is 23.5 Å². The monoisotopic (exact) mass is 291 g/mol. The van der Waals surface area contributed by atoms with Gasteiger partial charge in [-0.25, -0.2) is 4.79 Å². The fourth-order valence-electron chi connectivity index (χ4n) is 2.82. The zero-order chi connectivity index (χ0) is 15.6. The molecule has 112 valence electrons. The SMILES string of the molecule is CC1C[C@H](C(=O)Nc2cccc(C(=O)O)c2)[C@H](C(=O)O)C1. The van der Waals surface area contributed by atoms with Crippen LogP contribution >= 0.6 is 0 Å². The first-order chi connectivity index (χ1) is 9.88. The van der Waals surface area contributed by atoms with Crippen molar-refractivity contribution in [3.8, 4) is 0 Å². The minimum atomic E-state index is -1.08. The highest BCUT2D eigenvalue weighted by atomic mass is 16.4. The summed E-state index contributed by atoms with van der Waals surface area (Å²) < 4.78 is 0. The van der Waals surface area contributed by atoms with E-state index >= 15 is 0 Å².